The van der Waals surface area contributed by atoms with Crippen LogP contribution in [-0.4, -0.2) is 30.6 Å². The molecule has 116 valence electrons. The molecule has 0 aliphatic carbocycles. The van der Waals surface area contributed by atoms with E-state index in [0.29, 0.717) is 17.2 Å². The predicted octanol–water partition coefficient (Wildman–Crippen LogP) is 3.96. The van der Waals surface area contributed by atoms with Crippen LogP contribution in [-0.2, 0) is 9.53 Å². The van der Waals surface area contributed by atoms with Crippen molar-refractivity contribution in [3.63, 3.8) is 0 Å². The van der Waals surface area contributed by atoms with Crippen molar-refractivity contribution >= 4 is 17.6 Å². The summed E-state index contributed by atoms with van der Waals surface area (Å²) in [5.41, 5.74) is 0.523. The van der Waals surface area contributed by atoms with Crippen LogP contribution in [0.15, 0.2) is 18.2 Å². The molecule has 21 heavy (non-hydrogen) atoms. The highest BCUT2D eigenvalue weighted by molar-refractivity contribution is 6.30. The molecule has 1 atom stereocenters. The molecule has 2 rings (SSSR count). The van der Waals surface area contributed by atoms with E-state index in [4.69, 9.17) is 16.3 Å². The Balaban J connectivity index is 2.23. The number of hydrogen-bond donors (Lipinski definition) is 0. The lowest BCUT2D eigenvalue weighted by atomic mass is 9.98. The smallest absolute Gasteiger partial charge is 0.307 e. The van der Waals surface area contributed by atoms with E-state index in [2.05, 4.69) is 4.90 Å². The van der Waals surface area contributed by atoms with Crippen LogP contribution in [0.2, 0.25) is 5.02 Å². The molecule has 0 amide bonds. The Kier molecular flexibility index (Phi) is 6.00. The zero-order valence-corrected chi connectivity index (χ0v) is 13.0. The fourth-order valence-corrected chi connectivity index (χ4v) is 2.97. The number of carbonyl (C=O) groups excluding carboxylic acids is 1. The van der Waals surface area contributed by atoms with Crippen molar-refractivity contribution in [3.8, 4) is 0 Å². The maximum absolute atomic E-state index is 14.2. The van der Waals surface area contributed by atoms with Crippen molar-refractivity contribution in [1.29, 1.82) is 0 Å². The SMILES string of the molecule is CCOC(=O)CC(c1ccc(Cl)cc1F)N1CCCCC1. The van der Waals surface area contributed by atoms with Gasteiger partial charge in [-0.25, -0.2) is 4.39 Å². The van der Waals surface area contributed by atoms with Gasteiger partial charge >= 0.3 is 5.97 Å². The van der Waals surface area contributed by atoms with Crippen LogP contribution in [0, 0.1) is 5.82 Å². The van der Waals surface area contributed by atoms with Gasteiger partial charge in [-0.15, -0.1) is 0 Å². The molecule has 1 aliphatic rings. The van der Waals surface area contributed by atoms with Gasteiger partial charge in [0, 0.05) is 16.6 Å². The van der Waals surface area contributed by atoms with Gasteiger partial charge in [0.2, 0.25) is 0 Å². The number of hydrogen-bond acceptors (Lipinski definition) is 3. The summed E-state index contributed by atoms with van der Waals surface area (Å²) in [7, 11) is 0. The molecule has 0 aromatic heterocycles. The van der Waals surface area contributed by atoms with Crippen molar-refractivity contribution in [3.05, 3.63) is 34.6 Å². The highest BCUT2D eigenvalue weighted by Gasteiger charge is 2.27. The second kappa shape index (κ2) is 7.76. The first-order valence-electron chi connectivity index (χ1n) is 7.46. The quantitative estimate of drug-likeness (QED) is 0.771. The third-order valence-electron chi connectivity index (χ3n) is 3.82. The number of rotatable bonds is 5. The maximum Gasteiger partial charge on any atom is 0.307 e. The lowest BCUT2D eigenvalue weighted by molar-refractivity contribution is -0.144. The van der Waals surface area contributed by atoms with Gasteiger partial charge in [-0.2, -0.15) is 0 Å². The molecule has 1 fully saturated rings. The van der Waals surface area contributed by atoms with Crippen LogP contribution < -0.4 is 0 Å². The Bertz CT molecular complexity index is 489. The molecule has 1 aromatic carbocycles. The second-order valence-electron chi connectivity index (χ2n) is 5.29. The van der Waals surface area contributed by atoms with Gasteiger partial charge in [0.25, 0.3) is 0 Å². The molecule has 1 aromatic rings. The third-order valence-corrected chi connectivity index (χ3v) is 4.05. The Labute approximate surface area is 130 Å². The molecule has 1 heterocycles. The topological polar surface area (TPSA) is 29.5 Å². The van der Waals surface area contributed by atoms with Crippen LogP contribution in [0.3, 0.4) is 0 Å². The van der Waals surface area contributed by atoms with Gasteiger partial charge in [0.15, 0.2) is 0 Å². The Morgan fingerprint density at radius 2 is 2.10 bits per heavy atom. The van der Waals surface area contributed by atoms with E-state index in [0.717, 1.165) is 25.9 Å². The monoisotopic (exact) mass is 313 g/mol. The largest absolute Gasteiger partial charge is 0.466 e. The maximum atomic E-state index is 14.2. The fraction of sp³-hybridized carbons (Fsp3) is 0.562. The van der Waals surface area contributed by atoms with Gasteiger partial charge in [0.05, 0.1) is 13.0 Å². The van der Waals surface area contributed by atoms with Crippen molar-refractivity contribution in [1.82, 2.24) is 4.90 Å². The number of ether oxygens (including phenoxy) is 1. The summed E-state index contributed by atoms with van der Waals surface area (Å²) in [6.07, 6.45) is 3.52. The molecule has 1 aliphatic heterocycles. The summed E-state index contributed by atoms with van der Waals surface area (Å²) >= 11 is 5.82. The lowest BCUT2D eigenvalue weighted by Gasteiger charge is -2.34. The van der Waals surface area contributed by atoms with E-state index in [1.54, 1.807) is 19.1 Å². The van der Waals surface area contributed by atoms with Crippen LogP contribution in [0.5, 0.6) is 0 Å². The number of benzene rings is 1. The van der Waals surface area contributed by atoms with Crippen molar-refractivity contribution in [2.75, 3.05) is 19.7 Å². The fourth-order valence-electron chi connectivity index (χ4n) is 2.82. The van der Waals surface area contributed by atoms with Gasteiger partial charge in [0.1, 0.15) is 5.82 Å². The highest BCUT2D eigenvalue weighted by Crippen LogP contribution is 2.31. The first-order valence-corrected chi connectivity index (χ1v) is 7.84. The normalized spacial score (nSPS) is 17.5. The van der Waals surface area contributed by atoms with Crippen molar-refractivity contribution < 1.29 is 13.9 Å². The van der Waals surface area contributed by atoms with Crippen LogP contribution >= 0.6 is 11.6 Å². The Hall–Kier alpha value is -1.13. The summed E-state index contributed by atoms with van der Waals surface area (Å²) < 4.78 is 19.3. The number of piperidine rings is 1. The number of nitrogens with zero attached hydrogens (tertiary/aromatic N) is 1. The van der Waals surface area contributed by atoms with E-state index >= 15 is 0 Å². The summed E-state index contributed by atoms with van der Waals surface area (Å²) in [6.45, 7) is 3.88. The molecule has 0 saturated carbocycles. The van der Waals surface area contributed by atoms with Crippen LogP contribution in [0.25, 0.3) is 0 Å². The van der Waals surface area contributed by atoms with Gasteiger partial charge in [-0.05, 0) is 45.0 Å². The van der Waals surface area contributed by atoms with Crippen LogP contribution in [0.4, 0.5) is 4.39 Å². The zero-order valence-electron chi connectivity index (χ0n) is 12.3. The number of halogens is 2. The van der Waals surface area contributed by atoms with Crippen molar-refractivity contribution in [2.24, 2.45) is 0 Å². The minimum absolute atomic E-state index is 0.173. The summed E-state index contributed by atoms with van der Waals surface area (Å²) in [5.74, 6) is -0.648. The molecule has 0 bridgehead atoms. The molecule has 3 nitrogen and oxygen atoms in total. The average Bonchev–Trinajstić information content (AvgIpc) is 2.47. The molecule has 0 spiro atoms. The molecule has 0 N–H and O–H groups in total. The van der Waals surface area contributed by atoms with E-state index in [9.17, 15) is 9.18 Å². The Morgan fingerprint density at radius 1 is 1.38 bits per heavy atom. The molecule has 1 unspecified atom stereocenters. The third kappa shape index (κ3) is 4.42. The molecular weight excluding hydrogens is 293 g/mol. The predicted molar refractivity (Wildman–Crippen MR) is 80.8 cm³/mol. The summed E-state index contributed by atoms with van der Waals surface area (Å²) in [6, 6.07) is 4.37. The molecular formula is C16H21ClFNO2. The van der Waals surface area contributed by atoms with E-state index in [-0.39, 0.29) is 24.2 Å². The van der Waals surface area contributed by atoms with E-state index in [1.807, 2.05) is 0 Å². The molecule has 1 saturated heterocycles. The Morgan fingerprint density at radius 3 is 2.71 bits per heavy atom. The minimum atomic E-state index is -0.359. The summed E-state index contributed by atoms with van der Waals surface area (Å²) in [4.78, 5) is 14.0. The van der Waals surface area contributed by atoms with E-state index in [1.165, 1.54) is 12.5 Å². The lowest BCUT2D eigenvalue weighted by Crippen LogP contribution is -2.35. The minimum Gasteiger partial charge on any atom is -0.466 e. The number of esters is 1. The van der Waals surface area contributed by atoms with Gasteiger partial charge in [-0.3, -0.25) is 9.69 Å². The molecule has 5 heteroatoms. The van der Waals surface area contributed by atoms with Crippen LogP contribution in [0.1, 0.15) is 44.2 Å². The summed E-state index contributed by atoms with van der Waals surface area (Å²) in [5, 5.41) is 0.366. The van der Waals surface area contributed by atoms with Crippen molar-refractivity contribution in [2.45, 2.75) is 38.6 Å². The highest BCUT2D eigenvalue weighted by atomic mass is 35.5. The van der Waals surface area contributed by atoms with E-state index < -0.39 is 0 Å². The van der Waals surface area contributed by atoms with Gasteiger partial charge in [-0.1, -0.05) is 24.1 Å². The first kappa shape index (κ1) is 16.2. The standard InChI is InChI=1S/C16H21ClFNO2/c1-2-21-16(20)11-15(19-8-4-3-5-9-19)13-7-6-12(17)10-14(13)18/h6-7,10,15H,2-5,8-9,11H2,1H3. The second-order valence-corrected chi connectivity index (χ2v) is 5.72. The average molecular weight is 314 g/mol. The molecule has 0 radical (unpaired) electrons. The number of likely N-dealkylation sites (tertiary alicyclic amines) is 1. The number of carbonyl (C=O) groups is 1. The van der Waals surface area contributed by atoms with Gasteiger partial charge < -0.3 is 4.74 Å². The first-order chi connectivity index (χ1) is 10.1. The zero-order chi connectivity index (χ0) is 15.2.